The van der Waals surface area contributed by atoms with E-state index < -0.39 is 19.7 Å². The molecule has 0 atom stereocenters. The molecular formula is C13H19NO5S2. The molecule has 0 aliphatic heterocycles. The minimum atomic E-state index is -3.55. The molecule has 1 rings (SSSR count). The molecule has 0 unspecified atom stereocenters. The van der Waals surface area contributed by atoms with Gasteiger partial charge in [-0.1, -0.05) is 13.8 Å². The fraction of sp³-hybridized carbons (Fsp3) is 0.462. The average molecular weight is 333 g/mol. The van der Waals surface area contributed by atoms with Gasteiger partial charge in [-0.2, -0.15) is 0 Å². The van der Waals surface area contributed by atoms with Crippen LogP contribution in [0.3, 0.4) is 0 Å². The Morgan fingerprint density at radius 1 is 1.00 bits per heavy atom. The molecule has 21 heavy (non-hydrogen) atoms. The molecule has 8 heteroatoms. The van der Waals surface area contributed by atoms with E-state index in [9.17, 15) is 21.6 Å². The van der Waals surface area contributed by atoms with Crippen molar-refractivity contribution in [2.75, 3.05) is 24.4 Å². The standard InChI is InChI=1S/C13H19NO5S2/c1-9(2)13(15)8-14-10-5-11(20(3,16)17)7-12(6-10)21(4,18)19/h5-7,9,14H,8H2,1-4H3. The third-order valence-corrected chi connectivity index (χ3v) is 5.03. The smallest absolute Gasteiger partial charge is 0.175 e. The second-order valence-electron chi connectivity index (χ2n) is 5.21. The van der Waals surface area contributed by atoms with E-state index in [1.807, 2.05) is 0 Å². The van der Waals surface area contributed by atoms with E-state index in [1.165, 1.54) is 12.1 Å². The highest BCUT2D eigenvalue weighted by atomic mass is 32.2. The lowest BCUT2D eigenvalue weighted by Crippen LogP contribution is -2.19. The Bertz CT molecular complexity index is 699. The van der Waals surface area contributed by atoms with Crippen molar-refractivity contribution in [1.29, 1.82) is 0 Å². The summed E-state index contributed by atoms with van der Waals surface area (Å²) in [4.78, 5) is 11.4. The largest absolute Gasteiger partial charge is 0.378 e. The van der Waals surface area contributed by atoms with Crippen molar-refractivity contribution in [3.05, 3.63) is 18.2 Å². The molecule has 118 valence electrons. The van der Waals surface area contributed by atoms with Crippen LogP contribution in [-0.2, 0) is 24.5 Å². The maximum atomic E-state index is 11.6. The van der Waals surface area contributed by atoms with E-state index in [2.05, 4.69) is 5.32 Å². The predicted octanol–water partition coefficient (Wildman–Crippen LogP) is 1.13. The number of benzene rings is 1. The quantitative estimate of drug-likeness (QED) is 0.838. The first-order valence-electron chi connectivity index (χ1n) is 6.23. The Kier molecular flexibility index (Phi) is 5.16. The number of hydrogen-bond donors (Lipinski definition) is 1. The molecule has 0 aliphatic carbocycles. The van der Waals surface area contributed by atoms with Crippen molar-refractivity contribution in [2.24, 2.45) is 5.92 Å². The van der Waals surface area contributed by atoms with Crippen molar-refractivity contribution in [1.82, 2.24) is 0 Å². The third-order valence-electron chi connectivity index (χ3n) is 2.85. The lowest BCUT2D eigenvalue weighted by atomic mass is 10.1. The van der Waals surface area contributed by atoms with Crippen LogP contribution >= 0.6 is 0 Å². The van der Waals surface area contributed by atoms with Gasteiger partial charge in [0.05, 0.1) is 16.3 Å². The number of Topliss-reactive ketones (excluding diaryl/α,β-unsaturated/α-hetero) is 1. The number of carbonyl (C=O) groups is 1. The highest BCUT2D eigenvalue weighted by molar-refractivity contribution is 7.91. The molecule has 0 heterocycles. The van der Waals surface area contributed by atoms with Gasteiger partial charge in [0, 0.05) is 24.1 Å². The van der Waals surface area contributed by atoms with Crippen molar-refractivity contribution in [3.63, 3.8) is 0 Å². The van der Waals surface area contributed by atoms with Gasteiger partial charge in [0.1, 0.15) is 0 Å². The Morgan fingerprint density at radius 2 is 1.43 bits per heavy atom. The zero-order valence-electron chi connectivity index (χ0n) is 12.4. The van der Waals surface area contributed by atoms with E-state index in [0.29, 0.717) is 0 Å². The van der Waals surface area contributed by atoms with E-state index in [0.717, 1.165) is 18.6 Å². The van der Waals surface area contributed by atoms with E-state index in [4.69, 9.17) is 0 Å². The minimum absolute atomic E-state index is 0.00802. The van der Waals surface area contributed by atoms with Gasteiger partial charge in [0.2, 0.25) is 0 Å². The summed E-state index contributed by atoms with van der Waals surface area (Å²) in [6.45, 7) is 3.51. The molecule has 1 aromatic carbocycles. The fourth-order valence-electron chi connectivity index (χ4n) is 1.50. The van der Waals surface area contributed by atoms with Crippen LogP contribution in [0.5, 0.6) is 0 Å². The molecule has 0 radical (unpaired) electrons. The molecule has 0 aromatic heterocycles. The lowest BCUT2D eigenvalue weighted by Gasteiger charge is -2.11. The molecule has 0 saturated carbocycles. The SMILES string of the molecule is CC(C)C(=O)CNc1cc(S(C)(=O)=O)cc(S(C)(=O)=O)c1. The zero-order chi connectivity index (χ0) is 16.4. The van der Waals surface area contributed by atoms with Crippen LogP contribution < -0.4 is 5.32 Å². The fourth-order valence-corrected chi connectivity index (χ4v) is 2.93. The minimum Gasteiger partial charge on any atom is -0.378 e. The lowest BCUT2D eigenvalue weighted by molar-refractivity contribution is -0.120. The summed E-state index contributed by atoms with van der Waals surface area (Å²) in [5.74, 6) is -0.217. The van der Waals surface area contributed by atoms with Crippen LogP contribution in [0.15, 0.2) is 28.0 Å². The van der Waals surface area contributed by atoms with Gasteiger partial charge in [0.25, 0.3) is 0 Å². The van der Waals surface area contributed by atoms with Crippen molar-refractivity contribution < 1.29 is 21.6 Å². The summed E-state index contributed by atoms with van der Waals surface area (Å²) < 4.78 is 46.5. The summed E-state index contributed by atoms with van der Waals surface area (Å²) in [6, 6.07) is 3.75. The molecule has 0 spiro atoms. The van der Waals surface area contributed by atoms with Gasteiger partial charge in [-0.05, 0) is 18.2 Å². The summed E-state index contributed by atoms with van der Waals surface area (Å²) >= 11 is 0. The number of anilines is 1. The number of rotatable bonds is 6. The molecule has 0 aliphatic rings. The Balaban J connectivity index is 3.24. The summed E-state index contributed by atoms with van der Waals surface area (Å²) in [5, 5.41) is 2.77. The second kappa shape index (κ2) is 6.15. The van der Waals surface area contributed by atoms with Gasteiger partial charge in [-0.25, -0.2) is 16.8 Å². The number of ketones is 1. The Labute approximate surface area is 125 Å². The molecule has 0 fully saturated rings. The first-order chi connectivity index (χ1) is 9.41. The topological polar surface area (TPSA) is 97.4 Å². The van der Waals surface area contributed by atoms with Crippen LogP contribution in [0.4, 0.5) is 5.69 Å². The van der Waals surface area contributed by atoms with Gasteiger partial charge >= 0.3 is 0 Å². The summed E-state index contributed by atoms with van der Waals surface area (Å²) in [7, 11) is -7.10. The number of nitrogens with one attached hydrogen (secondary N) is 1. The molecule has 6 nitrogen and oxygen atoms in total. The molecule has 1 N–H and O–H groups in total. The monoisotopic (exact) mass is 333 g/mol. The molecule has 0 bridgehead atoms. The van der Waals surface area contributed by atoms with Crippen molar-refractivity contribution in [3.8, 4) is 0 Å². The van der Waals surface area contributed by atoms with E-state index in [-0.39, 0.29) is 33.7 Å². The van der Waals surface area contributed by atoms with Crippen LogP contribution in [0.25, 0.3) is 0 Å². The average Bonchev–Trinajstić information content (AvgIpc) is 2.33. The predicted molar refractivity (Wildman–Crippen MR) is 81.0 cm³/mol. The molecule has 0 amide bonds. The first-order valence-corrected chi connectivity index (χ1v) is 10.0. The molecule has 0 saturated heterocycles. The van der Waals surface area contributed by atoms with Crippen molar-refractivity contribution >= 4 is 31.1 Å². The van der Waals surface area contributed by atoms with Gasteiger partial charge in [0.15, 0.2) is 25.5 Å². The maximum Gasteiger partial charge on any atom is 0.175 e. The van der Waals surface area contributed by atoms with E-state index in [1.54, 1.807) is 13.8 Å². The Hall–Kier alpha value is -1.41. The molecule has 1 aromatic rings. The van der Waals surface area contributed by atoms with Crippen molar-refractivity contribution in [2.45, 2.75) is 23.6 Å². The third kappa shape index (κ3) is 5.13. The van der Waals surface area contributed by atoms with Crippen LogP contribution in [0.2, 0.25) is 0 Å². The maximum absolute atomic E-state index is 11.6. The van der Waals surface area contributed by atoms with Gasteiger partial charge < -0.3 is 5.32 Å². The van der Waals surface area contributed by atoms with Gasteiger partial charge in [-0.3, -0.25) is 4.79 Å². The number of hydrogen-bond acceptors (Lipinski definition) is 6. The van der Waals surface area contributed by atoms with E-state index >= 15 is 0 Å². The summed E-state index contributed by atoms with van der Waals surface area (Å²) in [6.07, 6.45) is 1.99. The highest BCUT2D eigenvalue weighted by Gasteiger charge is 2.16. The second-order valence-corrected chi connectivity index (χ2v) is 9.24. The number of sulfone groups is 2. The normalized spacial score (nSPS) is 12.4. The van der Waals surface area contributed by atoms with Crippen LogP contribution in [0, 0.1) is 5.92 Å². The van der Waals surface area contributed by atoms with Gasteiger partial charge in [-0.15, -0.1) is 0 Å². The zero-order valence-corrected chi connectivity index (χ0v) is 14.0. The Morgan fingerprint density at radius 3 is 1.76 bits per heavy atom. The first kappa shape index (κ1) is 17.6. The number of carbonyl (C=O) groups excluding carboxylic acids is 1. The van der Waals surface area contributed by atoms with Crippen LogP contribution in [-0.4, -0.2) is 41.7 Å². The van der Waals surface area contributed by atoms with Crippen LogP contribution in [0.1, 0.15) is 13.8 Å². The highest BCUT2D eigenvalue weighted by Crippen LogP contribution is 2.22. The summed E-state index contributed by atoms with van der Waals surface area (Å²) in [5.41, 5.74) is 0.285. The molecular weight excluding hydrogens is 314 g/mol.